The number of nitrogens with two attached hydrogens (primary N) is 1. The van der Waals surface area contributed by atoms with Gasteiger partial charge in [0.2, 0.25) is 0 Å². The number of nitrogens with zero attached hydrogens (tertiary/aromatic N) is 1. The van der Waals surface area contributed by atoms with Crippen molar-refractivity contribution in [3.8, 4) is 0 Å². The summed E-state index contributed by atoms with van der Waals surface area (Å²) in [7, 11) is 0. The number of Topliss-reactive ketones (excluding diaryl/α,β-unsaturated/α-hetero) is 1. The molecule has 0 aromatic carbocycles. The summed E-state index contributed by atoms with van der Waals surface area (Å²) in [6.45, 7) is 0. The van der Waals surface area contributed by atoms with Crippen molar-refractivity contribution < 1.29 is 9.18 Å². The van der Waals surface area contributed by atoms with E-state index in [1.165, 1.54) is 12.3 Å². The van der Waals surface area contributed by atoms with Crippen LogP contribution in [0.25, 0.3) is 0 Å². The summed E-state index contributed by atoms with van der Waals surface area (Å²) in [5, 5.41) is 0. The lowest BCUT2D eigenvalue weighted by Crippen LogP contribution is -2.30. The quantitative estimate of drug-likeness (QED) is 0.750. The average molecular weight is 208 g/mol. The number of carbonyl (C=O) groups is 1. The molecule has 2 atom stereocenters. The molecular formula is C11H13FN2O. The van der Waals surface area contributed by atoms with E-state index in [1.807, 2.05) is 0 Å². The van der Waals surface area contributed by atoms with Crippen molar-refractivity contribution in [2.75, 3.05) is 0 Å². The Hall–Kier alpha value is -1.29. The lowest BCUT2D eigenvalue weighted by molar-refractivity contribution is 0.0912. The van der Waals surface area contributed by atoms with Gasteiger partial charge in [-0.15, -0.1) is 0 Å². The van der Waals surface area contributed by atoms with E-state index < -0.39 is 5.82 Å². The normalized spacial score (nSPS) is 25.5. The van der Waals surface area contributed by atoms with Gasteiger partial charge in [-0.3, -0.25) is 9.78 Å². The van der Waals surface area contributed by atoms with E-state index in [0.29, 0.717) is 5.56 Å². The van der Waals surface area contributed by atoms with E-state index in [4.69, 9.17) is 5.73 Å². The topological polar surface area (TPSA) is 56.0 Å². The van der Waals surface area contributed by atoms with E-state index in [9.17, 15) is 9.18 Å². The molecule has 0 aliphatic heterocycles. The van der Waals surface area contributed by atoms with Crippen molar-refractivity contribution in [1.82, 2.24) is 4.98 Å². The second-order valence-electron chi connectivity index (χ2n) is 3.96. The summed E-state index contributed by atoms with van der Waals surface area (Å²) < 4.78 is 12.9. The summed E-state index contributed by atoms with van der Waals surface area (Å²) in [6, 6.07) is 1.14. The second kappa shape index (κ2) is 4.06. The van der Waals surface area contributed by atoms with Crippen LogP contribution in [0.5, 0.6) is 0 Å². The molecule has 2 N–H and O–H groups in total. The van der Waals surface area contributed by atoms with Gasteiger partial charge in [-0.1, -0.05) is 6.42 Å². The van der Waals surface area contributed by atoms with Gasteiger partial charge in [0.15, 0.2) is 5.78 Å². The predicted molar refractivity (Wildman–Crippen MR) is 53.8 cm³/mol. The molecule has 15 heavy (non-hydrogen) atoms. The van der Waals surface area contributed by atoms with Crippen LogP contribution in [0.15, 0.2) is 18.5 Å². The highest BCUT2D eigenvalue weighted by Gasteiger charge is 2.30. The Kier molecular flexibility index (Phi) is 2.77. The summed E-state index contributed by atoms with van der Waals surface area (Å²) in [4.78, 5) is 15.6. The first-order chi connectivity index (χ1) is 7.18. The number of pyridine rings is 1. The molecule has 2 unspecified atom stereocenters. The van der Waals surface area contributed by atoms with Crippen molar-refractivity contribution in [2.45, 2.75) is 25.3 Å². The molecule has 0 spiro atoms. The molecule has 1 fully saturated rings. The van der Waals surface area contributed by atoms with E-state index in [2.05, 4.69) is 4.98 Å². The second-order valence-corrected chi connectivity index (χ2v) is 3.96. The van der Waals surface area contributed by atoms with Crippen LogP contribution in [-0.4, -0.2) is 16.8 Å². The summed E-state index contributed by atoms with van der Waals surface area (Å²) in [5.74, 6) is -0.715. The molecule has 1 aliphatic rings. The smallest absolute Gasteiger partial charge is 0.169 e. The lowest BCUT2D eigenvalue weighted by Gasteiger charge is -2.13. The van der Waals surface area contributed by atoms with Gasteiger partial charge in [0.05, 0.1) is 6.20 Å². The molecule has 1 aliphatic carbocycles. The maximum Gasteiger partial charge on any atom is 0.169 e. The van der Waals surface area contributed by atoms with E-state index in [0.717, 1.165) is 25.5 Å². The van der Waals surface area contributed by atoms with E-state index in [1.54, 1.807) is 0 Å². The van der Waals surface area contributed by atoms with Crippen LogP contribution in [0, 0.1) is 11.7 Å². The summed E-state index contributed by atoms with van der Waals surface area (Å²) in [6.07, 6.45) is 5.14. The SMILES string of the molecule is NC1CCCC1C(=O)c1cncc(F)c1. The number of ketones is 1. The molecule has 1 heterocycles. The number of hydrogen-bond donors (Lipinski definition) is 1. The first-order valence-corrected chi connectivity index (χ1v) is 5.09. The third kappa shape index (κ3) is 2.04. The Morgan fingerprint density at radius 3 is 2.87 bits per heavy atom. The number of carbonyl (C=O) groups excluding carboxylic acids is 1. The van der Waals surface area contributed by atoms with Crippen molar-refractivity contribution in [2.24, 2.45) is 11.7 Å². The van der Waals surface area contributed by atoms with Gasteiger partial charge < -0.3 is 5.73 Å². The van der Waals surface area contributed by atoms with Crippen LogP contribution in [0.4, 0.5) is 4.39 Å². The fourth-order valence-electron chi connectivity index (χ4n) is 2.07. The maximum atomic E-state index is 12.9. The van der Waals surface area contributed by atoms with Gasteiger partial charge in [0, 0.05) is 23.7 Å². The third-order valence-corrected chi connectivity index (χ3v) is 2.90. The van der Waals surface area contributed by atoms with E-state index >= 15 is 0 Å². The number of halogens is 1. The van der Waals surface area contributed by atoms with Crippen molar-refractivity contribution in [3.05, 3.63) is 29.8 Å². The molecule has 0 bridgehead atoms. The average Bonchev–Trinajstić information content (AvgIpc) is 2.63. The Bertz CT molecular complexity index is 381. The first kappa shape index (κ1) is 10.2. The van der Waals surface area contributed by atoms with E-state index in [-0.39, 0.29) is 17.7 Å². The van der Waals surface area contributed by atoms with Gasteiger partial charge in [-0.2, -0.15) is 0 Å². The van der Waals surface area contributed by atoms with Gasteiger partial charge in [-0.05, 0) is 18.9 Å². The van der Waals surface area contributed by atoms with Crippen LogP contribution in [0.2, 0.25) is 0 Å². The molecule has 80 valence electrons. The Morgan fingerprint density at radius 1 is 1.47 bits per heavy atom. The van der Waals surface area contributed by atoms with Crippen LogP contribution in [-0.2, 0) is 0 Å². The summed E-state index contributed by atoms with van der Waals surface area (Å²) in [5.41, 5.74) is 6.15. The molecule has 0 amide bonds. The van der Waals surface area contributed by atoms with Crippen LogP contribution >= 0.6 is 0 Å². The minimum absolute atomic E-state index is 0.0769. The summed E-state index contributed by atoms with van der Waals surface area (Å²) >= 11 is 0. The zero-order valence-electron chi connectivity index (χ0n) is 8.32. The molecule has 1 aromatic rings. The fourth-order valence-corrected chi connectivity index (χ4v) is 2.07. The number of hydrogen-bond acceptors (Lipinski definition) is 3. The number of rotatable bonds is 2. The monoisotopic (exact) mass is 208 g/mol. The Morgan fingerprint density at radius 2 is 2.27 bits per heavy atom. The fraction of sp³-hybridized carbons (Fsp3) is 0.455. The third-order valence-electron chi connectivity index (χ3n) is 2.90. The van der Waals surface area contributed by atoms with Crippen LogP contribution < -0.4 is 5.73 Å². The highest BCUT2D eigenvalue weighted by molar-refractivity contribution is 5.98. The van der Waals surface area contributed by atoms with Crippen molar-refractivity contribution in [3.63, 3.8) is 0 Å². The minimum atomic E-state index is -0.479. The van der Waals surface area contributed by atoms with Gasteiger partial charge in [0.1, 0.15) is 5.82 Å². The largest absolute Gasteiger partial charge is 0.327 e. The highest BCUT2D eigenvalue weighted by atomic mass is 19.1. The molecule has 2 rings (SSSR count). The highest BCUT2D eigenvalue weighted by Crippen LogP contribution is 2.27. The number of aromatic nitrogens is 1. The van der Waals surface area contributed by atoms with Crippen molar-refractivity contribution in [1.29, 1.82) is 0 Å². The van der Waals surface area contributed by atoms with Crippen LogP contribution in [0.3, 0.4) is 0 Å². The standard InChI is InChI=1S/C11H13FN2O/c12-8-4-7(5-14-6-8)11(15)9-2-1-3-10(9)13/h4-6,9-10H,1-3,13H2. The Labute approximate surface area is 87.5 Å². The molecule has 1 saturated carbocycles. The Balaban J connectivity index is 2.20. The van der Waals surface area contributed by atoms with Gasteiger partial charge in [-0.25, -0.2) is 4.39 Å². The molecular weight excluding hydrogens is 195 g/mol. The first-order valence-electron chi connectivity index (χ1n) is 5.09. The van der Waals surface area contributed by atoms with Gasteiger partial charge >= 0.3 is 0 Å². The maximum absolute atomic E-state index is 12.9. The lowest BCUT2D eigenvalue weighted by atomic mass is 9.94. The zero-order valence-corrected chi connectivity index (χ0v) is 8.32. The molecule has 4 heteroatoms. The minimum Gasteiger partial charge on any atom is -0.327 e. The van der Waals surface area contributed by atoms with Gasteiger partial charge in [0.25, 0.3) is 0 Å². The molecule has 1 aromatic heterocycles. The molecule has 0 saturated heterocycles. The molecule has 0 radical (unpaired) electrons. The molecule has 3 nitrogen and oxygen atoms in total. The van der Waals surface area contributed by atoms with Crippen LogP contribution in [0.1, 0.15) is 29.6 Å². The van der Waals surface area contributed by atoms with Crippen molar-refractivity contribution >= 4 is 5.78 Å². The predicted octanol–water partition coefficient (Wildman–Crippen LogP) is 1.53. The zero-order chi connectivity index (χ0) is 10.8.